The summed E-state index contributed by atoms with van der Waals surface area (Å²) in [7, 11) is 0. The first-order chi connectivity index (χ1) is 13.7. The zero-order valence-electron chi connectivity index (χ0n) is 15.9. The standard InChI is InChI=1S/C21H21N5O2/c1-13-9-19(25-26-12-14(2)23-20(13)26)15-3-4-18-16(10-15)11-22-24-21(18)28-17-5-7-27-8-6-17/h3-4,9-12,17H,5-8H2,1-2H3. The van der Waals surface area contributed by atoms with E-state index < -0.39 is 0 Å². The van der Waals surface area contributed by atoms with Gasteiger partial charge in [0.1, 0.15) is 6.10 Å². The van der Waals surface area contributed by atoms with Crippen LogP contribution >= 0.6 is 0 Å². The number of aryl methyl sites for hydroxylation is 2. The van der Waals surface area contributed by atoms with Gasteiger partial charge in [0.15, 0.2) is 5.65 Å². The zero-order chi connectivity index (χ0) is 19.1. The highest BCUT2D eigenvalue weighted by molar-refractivity contribution is 5.89. The lowest BCUT2D eigenvalue weighted by atomic mass is 10.1. The Hall–Kier alpha value is -3.06. The highest BCUT2D eigenvalue weighted by atomic mass is 16.5. The predicted octanol–water partition coefficient (Wildman–Crippen LogP) is 3.51. The van der Waals surface area contributed by atoms with Crippen molar-refractivity contribution in [3.63, 3.8) is 0 Å². The molecule has 3 aromatic heterocycles. The van der Waals surface area contributed by atoms with E-state index in [0.29, 0.717) is 5.88 Å². The fourth-order valence-corrected chi connectivity index (χ4v) is 3.65. The van der Waals surface area contributed by atoms with Crippen LogP contribution in [0, 0.1) is 13.8 Å². The van der Waals surface area contributed by atoms with Crippen molar-refractivity contribution in [3.8, 4) is 17.1 Å². The van der Waals surface area contributed by atoms with Crippen LogP contribution < -0.4 is 4.74 Å². The average Bonchev–Trinajstić information content (AvgIpc) is 3.09. The Labute approximate surface area is 162 Å². The van der Waals surface area contributed by atoms with Crippen LogP contribution in [0.2, 0.25) is 0 Å². The molecule has 5 rings (SSSR count). The van der Waals surface area contributed by atoms with E-state index in [1.54, 1.807) is 6.20 Å². The molecule has 1 aromatic carbocycles. The van der Waals surface area contributed by atoms with E-state index >= 15 is 0 Å². The summed E-state index contributed by atoms with van der Waals surface area (Å²) in [5.41, 5.74) is 4.85. The number of fused-ring (bicyclic) bond motifs is 2. The van der Waals surface area contributed by atoms with Crippen LogP contribution in [0.5, 0.6) is 5.88 Å². The molecule has 0 bridgehead atoms. The normalized spacial score (nSPS) is 15.4. The Balaban J connectivity index is 1.53. The van der Waals surface area contributed by atoms with Gasteiger partial charge in [0.05, 0.1) is 37.0 Å². The summed E-state index contributed by atoms with van der Waals surface area (Å²) in [4.78, 5) is 4.52. The summed E-state index contributed by atoms with van der Waals surface area (Å²) in [5, 5.41) is 15.0. The molecule has 7 nitrogen and oxygen atoms in total. The third-order valence-corrected chi connectivity index (χ3v) is 5.10. The predicted molar refractivity (Wildman–Crippen MR) is 105 cm³/mol. The summed E-state index contributed by atoms with van der Waals surface area (Å²) >= 11 is 0. The summed E-state index contributed by atoms with van der Waals surface area (Å²) in [5.74, 6) is 0.584. The molecular formula is C21H21N5O2. The SMILES string of the molecule is Cc1cn2nc(-c3ccc4c(OC5CCOCC5)nncc4c3)cc(C)c2n1. The number of imidazole rings is 1. The lowest BCUT2D eigenvalue weighted by Crippen LogP contribution is -2.26. The van der Waals surface area contributed by atoms with Gasteiger partial charge in [-0.05, 0) is 37.6 Å². The van der Waals surface area contributed by atoms with E-state index in [2.05, 4.69) is 40.3 Å². The number of benzene rings is 1. The maximum Gasteiger partial charge on any atom is 0.241 e. The molecular weight excluding hydrogens is 354 g/mol. The van der Waals surface area contributed by atoms with Crippen LogP contribution in [-0.2, 0) is 4.74 Å². The molecule has 0 spiro atoms. The van der Waals surface area contributed by atoms with E-state index in [0.717, 1.165) is 65.0 Å². The first kappa shape index (κ1) is 17.1. The lowest BCUT2D eigenvalue weighted by molar-refractivity contribution is 0.0240. The number of nitrogens with zero attached hydrogens (tertiary/aromatic N) is 5. The summed E-state index contributed by atoms with van der Waals surface area (Å²) in [6.07, 6.45) is 5.60. The van der Waals surface area contributed by atoms with E-state index in [1.165, 1.54) is 0 Å². The van der Waals surface area contributed by atoms with E-state index in [1.807, 2.05) is 23.7 Å². The Morgan fingerprint density at radius 1 is 1.14 bits per heavy atom. The molecule has 0 aliphatic carbocycles. The smallest absolute Gasteiger partial charge is 0.241 e. The maximum absolute atomic E-state index is 6.11. The van der Waals surface area contributed by atoms with Crippen LogP contribution in [0.4, 0.5) is 0 Å². The highest BCUT2D eigenvalue weighted by Crippen LogP contribution is 2.29. The second-order valence-corrected chi connectivity index (χ2v) is 7.24. The van der Waals surface area contributed by atoms with Gasteiger partial charge in [-0.2, -0.15) is 10.2 Å². The molecule has 1 aliphatic heterocycles. The molecule has 7 heteroatoms. The van der Waals surface area contributed by atoms with E-state index in [4.69, 9.17) is 14.6 Å². The second kappa shape index (κ2) is 6.83. The maximum atomic E-state index is 6.11. The fourth-order valence-electron chi connectivity index (χ4n) is 3.65. The van der Waals surface area contributed by atoms with E-state index in [-0.39, 0.29) is 6.10 Å². The Morgan fingerprint density at radius 3 is 2.86 bits per heavy atom. The molecule has 0 unspecified atom stereocenters. The quantitative estimate of drug-likeness (QED) is 0.545. The summed E-state index contributed by atoms with van der Waals surface area (Å²) < 4.78 is 13.4. The summed E-state index contributed by atoms with van der Waals surface area (Å²) in [6, 6.07) is 8.24. The van der Waals surface area contributed by atoms with Crippen molar-refractivity contribution >= 4 is 16.4 Å². The number of rotatable bonds is 3. The molecule has 0 atom stereocenters. The van der Waals surface area contributed by atoms with Gasteiger partial charge in [-0.25, -0.2) is 9.50 Å². The molecule has 0 N–H and O–H groups in total. The third kappa shape index (κ3) is 3.07. The van der Waals surface area contributed by atoms with Crippen LogP contribution in [0.1, 0.15) is 24.1 Å². The van der Waals surface area contributed by atoms with Gasteiger partial charge in [0.2, 0.25) is 5.88 Å². The molecule has 1 aliphatic rings. The number of aromatic nitrogens is 5. The molecule has 4 aromatic rings. The number of ether oxygens (including phenoxy) is 2. The van der Waals surface area contributed by atoms with Gasteiger partial charge in [-0.3, -0.25) is 0 Å². The van der Waals surface area contributed by atoms with Crippen LogP contribution in [0.15, 0.2) is 36.7 Å². The minimum Gasteiger partial charge on any atom is -0.473 e. The molecule has 142 valence electrons. The molecule has 4 heterocycles. The van der Waals surface area contributed by atoms with Gasteiger partial charge in [0.25, 0.3) is 0 Å². The minimum absolute atomic E-state index is 0.129. The van der Waals surface area contributed by atoms with Crippen molar-refractivity contribution < 1.29 is 9.47 Å². The Bertz CT molecular complexity index is 1160. The number of hydrogen-bond donors (Lipinski definition) is 0. The zero-order valence-corrected chi connectivity index (χ0v) is 15.9. The van der Waals surface area contributed by atoms with Crippen molar-refractivity contribution in [2.45, 2.75) is 32.8 Å². The van der Waals surface area contributed by atoms with Crippen molar-refractivity contribution in [3.05, 3.63) is 47.9 Å². The van der Waals surface area contributed by atoms with Gasteiger partial charge in [-0.1, -0.05) is 6.07 Å². The van der Waals surface area contributed by atoms with Crippen molar-refractivity contribution in [1.29, 1.82) is 0 Å². The van der Waals surface area contributed by atoms with Gasteiger partial charge >= 0.3 is 0 Å². The van der Waals surface area contributed by atoms with Crippen molar-refractivity contribution in [2.75, 3.05) is 13.2 Å². The highest BCUT2D eigenvalue weighted by Gasteiger charge is 2.18. The van der Waals surface area contributed by atoms with Gasteiger partial charge in [0, 0.05) is 29.2 Å². The first-order valence-electron chi connectivity index (χ1n) is 9.51. The van der Waals surface area contributed by atoms with Crippen molar-refractivity contribution in [1.82, 2.24) is 24.8 Å². The monoisotopic (exact) mass is 375 g/mol. The Kier molecular flexibility index (Phi) is 4.16. The second-order valence-electron chi connectivity index (χ2n) is 7.24. The third-order valence-electron chi connectivity index (χ3n) is 5.10. The molecule has 0 saturated carbocycles. The summed E-state index contributed by atoms with van der Waals surface area (Å²) in [6.45, 7) is 5.49. The molecule has 1 saturated heterocycles. The van der Waals surface area contributed by atoms with E-state index in [9.17, 15) is 0 Å². The molecule has 0 amide bonds. The minimum atomic E-state index is 0.129. The Morgan fingerprint density at radius 2 is 2.00 bits per heavy atom. The average molecular weight is 375 g/mol. The van der Waals surface area contributed by atoms with Crippen molar-refractivity contribution in [2.24, 2.45) is 0 Å². The van der Waals surface area contributed by atoms with Crippen LogP contribution in [0.3, 0.4) is 0 Å². The number of hydrogen-bond acceptors (Lipinski definition) is 6. The molecule has 28 heavy (non-hydrogen) atoms. The largest absolute Gasteiger partial charge is 0.473 e. The first-order valence-corrected chi connectivity index (χ1v) is 9.51. The van der Waals surface area contributed by atoms with Gasteiger partial charge < -0.3 is 9.47 Å². The lowest BCUT2D eigenvalue weighted by Gasteiger charge is -2.23. The topological polar surface area (TPSA) is 74.4 Å². The molecule has 0 radical (unpaired) electrons. The van der Waals surface area contributed by atoms with Gasteiger partial charge in [-0.15, -0.1) is 5.10 Å². The van der Waals surface area contributed by atoms with Crippen LogP contribution in [0.25, 0.3) is 27.7 Å². The fraction of sp³-hybridized carbons (Fsp3) is 0.333. The van der Waals surface area contributed by atoms with Crippen LogP contribution in [-0.4, -0.2) is 44.1 Å². The molecule has 1 fully saturated rings.